The normalized spacial score (nSPS) is 13.8. The largest absolute Gasteiger partial charge is 0.416 e. The number of halogens is 4. The first-order valence-corrected chi connectivity index (χ1v) is 9.61. The summed E-state index contributed by atoms with van der Waals surface area (Å²) in [5.74, 6) is -1.68. The minimum Gasteiger partial charge on any atom is -0.348 e. The van der Waals surface area contributed by atoms with Crippen molar-refractivity contribution in [2.24, 2.45) is 0 Å². The average molecular weight is 448 g/mol. The standard InChI is InChI=1S/C21H16F4N4O3/c22-15-6-1-2-7-16(15)29-20(32)28(11-12-4-3-5-13(10-12)21(23,24)25)19(31)17(27-29)18(30)26-14-8-9-14/h1-7,10,14H,8-9,11H2,(H,26,30). The van der Waals surface area contributed by atoms with Crippen LogP contribution in [0.25, 0.3) is 5.69 Å². The van der Waals surface area contributed by atoms with Gasteiger partial charge in [-0.1, -0.05) is 24.3 Å². The maximum absolute atomic E-state index is 14.3. The Kier molecular flexibility index (Phi) is 5.41. The van der Waals surface area contributed by atoms with E-state index in [4.69, 9.17) is 0 Å². The van der Waals surface area contributed by atoms with Crippen LogP contribution in [0.3, 0.4) is 0 Å². The summed E-state index contributed by atoms with van der Waals surface area (Å²) < 4.78 is 54.6. The molecule has 32 heavy (non-hydrogen) atoms. The Morgan fingerprint density at radius 2 is 1.81 bits per heavy atom. The Labute approximate surface area is 177 Å². The molecule has 7 nitrogen and oxygen atoms in total. The molecule has 1 aromatic heterocycles. The molecule has 1 N–H and O–H groups in total. The molecule has 0 unspecified atom stereocenters. The molecule has 0 spiro atoms. The van der Waals surface area contributed by atoms with Gasteiger partial charge in [-0.2, -0.15) is 23.0 Å². The van der Waals surface area contributed by atoms with Gasteiger partial charge in [0, 0.05) is 6.04 Å². The lowest BCUT2D eigenvalue weighted by Gasteiger charge is -2.13. The van der Waals surface area contributed by atoms with Crippen LogP contribution in [0.15, 0.2) is 58.1 Å². The van der Waals surface area contributed by atoms with Gasteiger partial charge < -0.3 is 5.32 Å². The van der Waals surface area contributed by atoms with Gasteiger partial charge in [-0.15, -0.1) is 0 Å². The van der Waals surface area contributed by atoms with Crippen molar-refractivity contribution in [1.82, 2.24) is 19.7 Å². The van der Waals surface area contributed by atoms with E-state index in [0.717, 1.165) is 37.1 Å². The molecule has 166 valence electrons. The first-order chi connectivity index (χ1) is 15.1. The molecule has 0 saturated heterocycles. The molecule has 11 heteroatoms. The lowest BCUT2D eigenvalue weighted by molar-refractivity contribution is -0.137. The summed E-state index contributed by atoms with van der Waals surface area (Å²) in [4.78, 5) is 38.4. The van der Waals surface area contributed by atoms with Crippen molar-refractivity contribution >= 4 is 5.91 Å². The lowest BCUT2D eigenvalue weighted by atomic mass is 10.1. The number of amides is 1. The molecule has 1 heterocycles. The highest BCUT2D eigenvalue weighted by atomic mass is 19.4. The maximum Gasteiger partial charge on any atom is 0.416 e. The van der Waals surface area contributed by atoms with Crippen molar-refractivity contribution in [3.63, 3.8) is 0 Å². The quantitative estimate of drug-likeness (QED) is 0.608. The SMILES string of the molecule is O=C(NC1CC1)c1nn(-c2ccccc2F)c(=O)n(Cc2cccc(C(F)(F)F)c2)c1=O. The zero-order valence-electron chi connectivity index (χ0n) is 16.4. The van der Waals surface area contributed by atoms with Crippen LogP contribution in [0.1, 0.15) is 34.5 Å². The van der Waals surface area contributed by atoms with Gasteiger partial charge in [-0.3, -0.25) is 14.2 Å². The van der Waals surface area contributed by atoms with Gasteiger partial charge in [0.2, 0.25) is 5.69 Å². The predicted molar refractivity (Wildman–Crippen MR) is 105 cm³/mol. The van der Waals surface area contributed by atoms with Crippen LogP contribution in [0.4, 0.5) is 17.6 Å². The predicted octanol–water partition coefficient (Wildman–Crippen LogP) is 2.49. The second-order valence-electron chi connectivity index (χ2n) is 7.33. The van der Waals surface area contributed by atoms with E-state index in [0.29, 0.717) is 9.25 Å². The Balaban J connectivity index is 1.86. The van der Waals surface area contributed by atoms with E-state index >= 15 is 0 Å². The van der Waals surface area contributed by atoms with Crippen LogP contribution in [0.5, 0.6) is 0 Å². The number of hydrogen-bond donors (Lipinski definition) is 1. The summed E-state index contributed by atoms with van der Waals surface area (Å²) >= 11 is 0. The third-order valence-corrected chi connectivity index (χ3v) is 4.86. The van der Waals surface area contributed by atoms with Crippen molar-refractivity contribution in [3.8, 4) is 5.69 Å². The third-order valence-electron chi connectivity index (χ3n) is 4.86. The summed E-state index contributed by atoms with van der Waals surface area (Å²) in [7, 11) is 0. The first kappa shape index (κ1) is 21.5. The Bertz CT molecular complexity index is 1310. The molecule has 0 atom stereocenters. The van der Waals surface area contributed by atoms with Gasteiger partial charge in [0.15, 0.2) is 0 Å². The van der Waals surface area contributed by atoms with Gasteiger partial charge in [-0.05, 0) is 42.7 Å². The highest BCUT2D eigenvalue weighted by Gasteiger charge is 2.31. The molecule has 1 aliphatic carbocycles. The van der Waals surface area contributed by atoms with Crippen molar-refractivity contribution in [2.45, 2.75) is 31.6 Å². The molecule has 1 saturated carbocycles. The second kappa shape index (κ2) is 8.06. The third kappa shape index (κ3) is 4.32. The fraction of sp³-hybridized carbons (Fsp3) is 0.238. The van der Waals surface area contributed by atoms with E-state index in [1.165, 1.54) is 24.3 Å². The number of carbonyl (C=O) groups is 1. The second-order valence-corrected chi connectivity index (χ2v) is 7.33. The number of aromatic nitrogens is 3. The van der Waals surface area contributed by atoms with Gasteiger partial charge in [0.25, 0.3) is 11.5 Å². The molecular formula is C21H16F4N4O3. The number of nitrogens with zero attached hydrogens (tertiary/aromatic N) is 3. The van der Waals surface area contributed by atoms with E-state index in [-0.39, 0.29) is 17.3 Å². The van der Waals surface area contributed by atoms with Crippen LogP contribution >= 0.6 is 0 Å². The average Bonchev–Trinajstić information content (AvgIpc) is 3.55. The molecular weight excluding hydrogens is 432 g/mol. The fourth-order valence-corrected chi connectivity index (χ4v) is 3.09. The Morgan fingerprint density at radius 3 is 2.47 bits per heavy atom. The topological polar surface area (TPSA) is 86.0 Å². The van der Waals surface area contributed by atoms with E-state index in [2.05, 4.69) is 10.4 Å². The van der Waals surface area contributed by atoms with E-state index < -0.39 is 47.0 Å². The Morgan fingerprint density at radius 1 is 1.09 bits per heavy atom. The molecule has 4 rings (SSSR count). The molecule has 0 aliphatic heterocycles. The van der Waals surface area contributed by atoms with Gasteiger partial charge in [0.05, 0.1) is 12.1 Å². The lowest BCUT2D eigenvalue weighted by Crippen LogP contribution is -2.46. The minimum atomic E-state index is -4.62. The number of rotatable bonds is 5. The zero-order chi connectivity index (χ0) is 23.0. The molecule has 0 radical (unpaired) electrons. The minimum absolute atomic E-state index is 0.00106. The summed E-state index contributed by atoms with van der Waals surface area (Å²) in [5, 5.41) is 6.35. The van der Waals surface area contributed by atoms with E-state index in [9.17, 15) is 31.9 Å². The smallest absolute Gasteiger partial charge is 0.348 e. The van der Waals surface area contributed by atoms with Gasteiger partial charge >= 0.3 is 11.9 Å². The van der Waals surface area contributed by atoms with Crippen molar-refractivity contribution < 1.29 is 22.4 Å². The van der Waals surface area contributed by atoms with E-state index in [1.807, 2.05) is 0 Å². The van der Waals surface area contributed by atoms with Crippen LogP contribution in [0, 0.1) is 5.82 Å². The maximum atomic E-state index is 14.3. The van der Waals surface area contributed by atoms with Crippen molar-refractivity contribution in [1.29, 1.82) is 0 Å². The molecule has 1 aliphatic rings. The summed E-state index contributed by atoms with van der Waals surface area (Å²) in [5.41, 5.74) is -4.11. The van der Waals surface area contributed by atoms with Crippen LogP contribution in [-0.2, 0) is 12.7 Å². The summed E-state index contributed by atoms with van der Waals surface area (Å²) in [6.45, 7) is -0.567. The van der Waals surface area contributed by atoms with Crippen LogP contribution in [-0.4, -0.2) is 26.3 Å². The molecule has 1 amide bonds. The Hall–Kier alpha value is -3.76. The number of alkyl halides is 3. The first-order valence-electron chi connectivity index (χ1n) is 9.61. The van der Waals surface area contributed by atoms with Crippen molar-refractivity contribution in [2.75, 3.05) is 0 Å². The highest BCUT2D eigenvalue weighted by molar-refractivity contribution is 5.92. The highest BCUT2D eigenvalue weighted by Crippen LogP contribution is 2.29. The number of nitrogens with one attached hydrogen (secondary N) is 1. The molecule has 2 aromatic carbocycles. The van der Waals surface area contributed by atoms with Crippen LogP contribution < -0.4 is 16.6 Å². The van der Waals surface area contributed by atoms with Crippen molar-refractivity contribution in [3.05, 3.63) is 92.0 Å². The summed E-state index contributed by atoms with van der Waals surface area (Å²) in [6.07, 6.45) is -3.18. The number of benzene rings is 2. The molecule has 3 aromatic rings. The zero-order valence-corrected chi connectivity index (χ0v) is 16.4. The fourth-order valence-electron chi connectivity index (χ4n) is 3.09. The molecule has 1 fully saturated rings. The van der Waals surface area contributed by atoms with E-state index in [1.54, 1.807) is 0 Å². The number of hydrogen-bond acceptors (Lipinski definition) is 4. The summed E-state index contributed by atoms with van der Waals surface area (Å²) in [6, 6.07) is 9.06. The monoisotopic (exact) mass is 448 g/mol. The number of carbonyl (C=O) groups excluding carboxylic acids is 1. The molecule has 0 bridgehead atoms. The van der Waals surface area contributed by atoms with Crippen LogP contribution in [0.2, 0.25) is 0 Å². The van der Waals surface area contributed by atoms with Gasteiger partial charge in [0.1, 0.15) is 11.5 Å². The van der Waals surface area contributed by atoms with Gasteiger partial charge in [-0.25, -0.2) is 9.18 Å². The number of para-hydroxylation sites is 1.